The van der Waals surface area contributed by atoms with E-state index in [-0.39, 0.29) is 22.8 Å². The summed E-state index contributed by atoms with van der Waals surface area (Å²) in [6.45, 7) is 8.11. The lowest BCUT2D eigenvalue weighted by Crippen LogP contribution is -2.43. The second kappa shape index (κ2) is 10.0. The molecule has 1 fully saturated rings. The number of benzene rings is 2. The van der Waals surface area contributed by atoms with Gasteiger partial charge >= 0.3 is 0 Å². The molecule has 9 nitrogen and oxygen atoms in total. The van der Waals surface area contributed by atoms with E-state index in [1.807, 2.05) is 13.8 Å². The lowest BCUT2D eigenvalue weighted by molar-refractivity contribution is -0.114. The van der Waals surface area contributed by atoms with Crippen LogP contribution in [0.5, 0.6) is 0 Å². The van der Waals surface area contributed by atoms with E-state index in [0.717, 1.165) is 26.2 Å². The van der Waals surface area contributed by atoms with Crippen molar-refractivity contribution in [2.75, 3.05) is 41.1 Å². The predicted octanol–water partition coefficient (Wildman–Crippen LogP) is 1.99. The molecule has 0 saturated carbocycles. The van der Waals surface area contributed by atoms with Crippen LogP contribution in [0, 0.1) is 0 Å². The molecule has 1 aliphatic rings. The van der Waals surface area contributed by atoms with Gasteiger partial charge in [-0.1, -0.05) is 0 Å². The van der Waals surface area contributed by atoms with Crippen LogP contribution in [-0.2, 0) is 14.8 Å². The maximum atomic E-state index is 13.1. The van der Waals surface area contributed by atoms with Gasteiger partial charge in [0.1, 0.15) is 0 Å². The van der Waals surface area contributed by atoms with Crippen LogP contribution >= 0.6 is 0 Å². The number of carbonyl (C=O) groups excluding carboxylic acids is 2. The van der Waals surface area contributed by atoms with Gasteiger partial charge in [-0.25, -0.2) is 8.42 Å². The Kier molecular flexibility index (Phi) is 7.37. The fourth-order valence-corrected chi connectivity index (χ4v) is 4.48. The summed E-state index contributed by atoms with van der Waals surface area (Å²) in [5.41, 5.74) is 1.93. The predicted molar refractivity (Wildman–Crippen MR) is 126 cm³/mol. The number of sulfonamides is 1. The number of carbonyl (C=O) groups is 2. The van der Waals surface area contributed by atoms with Crippen LogP contribution in [0.4, 0.5) is 17.1 Å². The molecule has 1 heterocycles. The van der Waals surface area contributed by atoms with Crippen LogP contribution < -0.4 is 25.6 Å². The average Bonchev–Trinajstić information content (AvgIpc) is 2.73. The Morgan fingerprint density at radius 2 is 1.69 bits per heavy atom. The van der Waals surface area contributed by atoms with Crippen molar-refractivity contribution < 1.29 is 18.0 Å². The molecule has 0 bridgehead atoms. The zero-order valence-corrected chi connectivity index (χ0v) is 19.3. The highest BCUT2D eigenvalue weighted by Crippen LogP contribution is 2.30. The lowest BCUT2D eigenvalue weighted by Gasteiger charge is -2.31. The molecule has 1 saturated heterocycles. The third kappa shape index (κ3) is 5.98. The van der Waals surface area contributed by atoms with Crippen molar-refractivity contribution in [3.8, 4) is 0 Å². The molecule has 0 aromatic heterocycles. The zero-order valence-electron chi connectivity index (χ0n) is 18.4. The number of hydrogen-bond acceptors (Lipinski definition) is 6. The summed E-state index contributed by atoms with van der Waals surface area (Å²) < 4.78 is 28.9. The van der Waals surface area contributed by atoms with Gasteiger partial charge in [0.05, 0.1) is 16.3 Å². The topological polar surface area (TPSA) is 120 Å². The van der Waals surface area contributed by atoms with Crippen LogP contribution in [0.15, 0.2) is 47.4 Å². The summed E-state index contributed by atoms with van der Waals surface area (Å²) in [4.78, 5) is 25.8. The molecular formula is C22H29N5O4S. The third-order valence-corrected chi connectivity index (χ3v) is 6.25. The first-order chi connectivity index (χ1) is 15.2. The Morgan fingerprint density at radius 3 is 2.28 bits per heavy atom. The first-order valence-electron chi connectivity index (χ1n) is 10.5. The lowest BCUT2D eigenvalue weighted by atomic mass is 10.1. The highest BCUT2D eigenvalue weighted by atomic mass is 32.2. The maximum absolute atomic E-state index is 13.1. The van der Waals surface area contributed by atoms with E-state index < -0.39 is 10.0 Å². The standard InChI is InChI=1S/C22H29N5O4S/c1-15(2)24-22(29)17-4-9-21(27-12-10-23-11-13-27)20(14-17)26-32(30,31)19-7-5-18(6-8-19)25-16(3)28/h4-9,14-15,23,26H,10-13H2,1-3H3,(H,24,29)(H,25,28). The summed E-state index contributed by atoms with van der Waals surface area (Å²) >= 11 is 0. The number of hydrogen-bond donors (Lipinski definition) is 4. The highest BCUT2D eigenvalue weighted by Gasteiger charge is 2.21. The summed E-state index contributed by atoms with van der Waals surface area (Å²) in [6, 6.07) is 10.9. The first kappa shape index (κ1) is 23.6. The Labute approximate surface area is 188 Å². The second-order valence-corrected chi connectivity index (χ2v) is 9.59. The Morgan fingerprint density at radius 1 is 1.03 bits per heavy atom. The average molecular weight is 460 g/mol. The van der Waals surface area contributed by atoms with Crippen LogP contribution in [0.2, 0.25) is 0 Å². The van der Waals surface area contributed by atoms with E-state index >= 15 is 0 Å². The molecule has 4 N–H and O–H groups in total. The Balaban J connectivity index is 1.93. The normalized spacial score (nSPS) is 14.2. The molecule has 10 heteroatoms. The molecular weight excluding hydrogens is 430 g/mol. The van der Waals surface area contributed by atoms with Gasteiger partial charge in [-0.05, 0) is 56.3 Å². The summed E-state index contributed by atoms with van der Waals surface area (Å²) in [7, 11) is -3.92. The minimum Gasteiger partial charge on any atom is -0.367 e. The summed E-state index contributed by atoms with van der Waals surface area (Å²) in [6.07, 6.45) is 0. The van der Waals surface area contributed by atoms with E-state index in [2.05, 4.69) is 25.6 Å². The van der Waals surface area contributed by atoms with E-state index in [0.29, 0.717) is 22.6 Å². The number of nitrogens with one attached hydrogen (secondary N) is 4. The molecule has 0 aliphatic carbocycles. The fraction of sp³-hybridized carbons (Fsp3) is 0.364. The van der Waals surface area contributed by atoms with Gasteiger partial charge < -0.3 is 20.9 Å². The number of nitrogens with zero attached hydrogens (tertiary/aromatic N) is 1. The fourth-order valence-electron chi connectivity index (χ4n) is 3.41. The van der Waals surface area contributed by atoms with Crippen molar-refractivity contribution in [1.29, 1.82) is 0 Å². The number of anilines is 3. The zero-order chi connectivity index (χ0) is 23.3. The minimum absolute atomic E-state index is 0.0439. The van der Waals surface area contributed by atoms with Crippen LogP contribution in [0.1, 0.15) is 31.1 Å². The van der Waals surface area contributed by atoms with Crippen LogP contribution in [0.3, 0.4) is 0 Å². The molecule has 0 radical (unpaired) electrons. The molecule has 32 heavy (non-hydrogen) atoms. The quantitative estimate of drug-likeness (QED) is 0.503. The molecule has 2 aromatic rings. The van der Waals surface area contributed by atoms with Gasteiger partial charge in [-0.15, -0.1) is 0 Å². The minimum atomic E-state index is -3.92. The molecule has 1 aliphatic heterocycles. The van der Waals surface area contributed by atoms with Crippen LogP contribution in [0.25, 0.3) is 0 Å². The molecule has 172 valence electrons. The maximum Gasteiger partial charge on any atom is 0.261 e. The van der Waals surface area contributed by atoms with Gasteiger partial charge in [-0.3, -0.25) is 14.3 Å². The first-order valence-corrected chi connectivity index (χ1v) is 11.9. The number of amides is 2. The number of piperazine rings is 1. The van der Waals surface area contributed by atoms with Gasteiger partial charge in [0.15, 0.2) is 0 Å². The third-order valence-electron chi connectivity index (χ3n) is 4.87. The van der Waals surface area contributed by atoms with Crippen molar-refractivity contribution in [2.24, 2.45) is 0 Å². The monoisotopic (exact) mass is 459 g/mol. The Hall–Kier alpha value is -3.11. The van der Waals surface area contributed by atoms with E-state index in [4.69, 9.17) is 0 Å². The SMILES string of the molecule is CC(=O)Nc1ccc(S(=O)(=O)Nc2cc(C(=O)NC(C)C)ccc2N2CCNCC2)cc1. The number of rotatable bonds is 7. The molecule has 0 spiro atoms. The van der Waals surface area contributed by atoms with Crippen molar-refractivity contribution in [3.63, 3.8) is 0 Å². The van der Waals surface area contributed by atoms with Crippen molar-refractivity contribution >= 4 is 38.9 Å². The highest BCUT2D eigenvalue weighted by molar-refractivity contribution is 7.92. The van der Waals surface area contributed by atoms with E-state index in [9.17, 15) is 18.0 Å². The van der Waals surface area contributed by atoms with Crippen molar-refractivity contribution in [2.45, 2.75) is 31.7 Å². The summed E-state index contributed by atoms with van der Waals surface area (Å²) in [5, 5.41) is 8.71. The molecule has 0 unspecified atom stereocenters. The van der Waals surface area contributed by atoms with E-state index in [1.54, 1.807) is 18.2 Å². The van der Waals surface area contributed by atoms with Crippen molar-refractivity contribution in [3.05, 3.63) is 48.0 Å². The van der Waals surface area contributed by atoms with Gasteiger partial charge in [-0.2, -0.15) is 0 Å². The summed E-state index contributed by atoms with van der Waals surface area (Å²) in [5.74, 6) is -0.511. The second-order valence-electron chi connectivity index (χ2n) is 7.91. The molecule has 3 rings (SSSR count). The molecule has 2 aromatic carbocycles. The van der Waals surface area contributed by atoms with Gasteiger partial charge in [0.2, 0.25) is 5.91 Å². The van der Waals surface area contributed by atoms with Gasteiger partial charge in [0, 0.05) is 50.4 Å². The van der Waals surface area contributed by atoms with Gasteiger partial charge in [0.25, 0.3) is 15.9 Å². The molecule has 2 amide bonds. The van der Waals surface area contributed by atoms with Crippen LogP contribution in [-0.4, -0.2) is 52.5 Å². The smallest absolute Gasteiger partial charge is 0.261 e. The van der Waals surface area contributed by atoms with E-state index in [1.165, 1.54) is 31.2 Å². The molecule has 0 atom stereocenters. The Bertz CT molecular complexity index is 1080. The van der Waals surface area contributed by atoms with Crippen molar-refractivity contribution in [1.82, 2.24) is 10.6 Å². The largest absolute Gasteiger partial charge is 0.367 e.